The highest BCUT2D eigenvalue weighted by Crippen LogP contribution is 2.20. The highest BCUT2D eigenvalue weighted by atomic mass is 35.5. The lowest BCUT2D eigenvalue weighted by atomic mass is 9.97. The zero-order valence-electron chi connectivity index (χ0n) is 11.1. The van der Waals surface area contributed by atoms with Crippen LogP contribution in [0.2, 0.25) is 0 Å². The molecular weight excluding hydrogens is 248 g/mol. The summed E-state index contributed by atoms with van der Waals surface area (Å²) in [6, 6.07) is 6.32. The number of benzene rings is 1. The quantitative estimate of drug-likeness (QED) is 0.882. The summed E-state index contributed by atoms with van der Waals surface area (Å²) in [6.07, 6.45) is 0. The van der Waals surface area contributed by atoms with Gasteiger partial charge in [0.05, 0.1) is 12.0 Å². The molecule has 2 N–H and O–H groups in total. The van der Waals surface area contributed by atoms with Crippen molar-refractivity contribution in [1.29, 1.82) is 0 Å². The van der Waals surface area contributed by atoms with Crippen LogP contribution in [0.5, 0.6) is 0 Å². The van der Waals surface area contributed by atoms with E-state index in [9.17, 15) is 4.79 Å². The summed E-state index contributed by atoms with van der Waals surface area (Å²) in [4.78, 5) is 11.9. The van der Waals surface area contributed by atoms with E-state index in [-0.39, 0.29) is 30.3 Å². The molecular formula is C14H21ClN2O. The summed E-state index contributed by atoms with van der Waals surface area (Å²) < 4.78 is 0. The van der Waals surface area contributed by atoms with Gasteiger partial charge in [0.2, 0.25) is 5.91 Å². The van der Waals surface area contributed by atoms with Crippen molar-refractivity contribution in [2.75, 3.05) is 13.1 Å². The molecule has 0 bridgehead atoms. The molecule has 0 aliphatic carbocycles. The largest absolute Gasteiger partial charge is 0.349 e. The van der Waals surface area contributed by atoms with Gasteiger partial charge >= 0.3 is 0 Å². The average Bonchev–Trinajstić information content (AvgIpc) is 2.19. The van der Waals surface area contributed by atoms with Crippen LogP contribution in [0, 0.1) is 19.8 Å². The number of hydrogen-bond donors (Lipinski definition) is 2. The Morgan fingerprint density at radius 3 is 2.61 bits per heavy atom. The monoisotopic (exact) mass is 268 g/mol. The topological polar surface area (TPSA) is 41.1 Å². The van der Waals surface area contributed by atoms with Gasteiger partial charge in [-0.2, -0.15) is 0 Å². The predicted octanol–water partition coefficient (Wildman–Crippen LogP) is 2.12. The van der Waals surface area contributed by atoms with Crippen LogP contribution in [0.15, 0.2) is 18.2 Å². The van der Waals surface area contributed by atoms with Gasteiger partial charge in [-0.3, -0.25) is 4.79 Å². The third-order valence-electron chi connectivity index (χ3n) is 3.62. The lowest BCUT2D eigenvalue weighted by molar-refractivity contribution is -0.127. The number of rotatable bonds is 3. The zero-order valence-corrected chi connectivity index (χ0v) is 11.9. The molecule has 100 valence electrons. The van der Waals surface area contributed by atoms with Gasteiger partial charge in [0.1, 0.15) is 0 Å². The molecule has 1 aromatic carbocycles. The van der Waals surface area contributed by atoms with Crippen molar-refractivity contribution in [2.45, 2.75) is 26.8 Å². The molecule has 0 spiro atoms. The van der Waals surface area contributed by atoms with E-state index in [1.165, 1.54) is 16.7 Å². The van der Waals surface area contributed by atoms with Crippen LogP contribution in [0.25, 0.3) is 0 Å². The smallest absolute Gasteiger partial charge is 0.226 e. The second-order valence-electron chi connectivity index (χ2n) is 4.87. The third-order valence-corrected chi connectivity index (χ3v) is 3.62. The van der Waals surface area contributed by atoms with Gasteiger partial charge in [-0.15, -0.1) is 12.4 Å². The van der Waals surface area contributed by atoms with Crippen molar-refractivity contribution in [3.63, 3.8) is 0 Å². The molecule has 0 aromatic heterocycles. The maximum Gasteiger partial charge on any atom is 0.226 e. The number of aryl methyl sites for hydroxylation is 1. The second-order valence-corrected chi connectivity index (χ2v) is 4.87. The minimum atomic E-state index is 0. The second kappa shape index (κ2) is 6.21. The van der Waals surface area contributed by atoms with Gasteiger partial charge in [0.15, 0.2) is 0 Å². The zero-order chi connectivity index (χ0) is 12.4. The fourth-order valence-electron chi connectivity index (χ4n) is 2.13. The molecule has 1 heterocycles. The lowest BCUT2D eigenvalue weighted by Crippen LogP contribution is -2.51. The number of nitrogens with one attached hydrogen (secondary N) is 2. The molecule has 4 heteroatoms. The number of amides is 1. The third kappa shape index (κ3) is 3.03. The SMILES string of the molecule is Cc1cccc(C(C)NC(=O)C2CNC2)c1C.Cl. The van der Waals surface area contributed by atoms with Crippen molar-refractivity contribution >= 4 is 18.3 Å². The molecule has 18 heavy (non-hydrogen) atoms. The van der Waals surface area contributed by atoms with Crippen molar-refractivity contribution in [3.05, 3.63) is 34.9 Å². The van der Waals surface area contributed by atoms with E-state index < -0.39 is 0 Å². The van der Waals surface area contributed by atoms with Crippen molar-refractivity contribution < 1.29 is 4.79 Å². The number of halogens is 1. The minimum absolute atomic E-state index is 0. The van der Waals surface area contributed by atoms with Crippen LogP contribution in [-0.2, 0) is 4.79 Å². The first-order valence-corrected chi connectivity index (χ1v) is 6.17. The molecule has 1 amide bonds. The normalized spacial score (nSPS) is 16.4. The van der Waals surface area contributed by atoms with Crippen LogP contribution < -0.4 is 10.6 Å². The lowest BCUT2D eigenvalue weighted by Gasteiger charge is -2.28. The molecule has 0 radical (unpaired) electrons. The van der Waals surface area contributed by atoms with Crippen molar-refractivity contribution in [3.8, 4) is 0 Å². The Morgan fingerprint density at radius 1 is 1.39 bits per heavy atom. The summed E-state index contributed by atoms with van der Waals surface area (Å²) in [5.74, 6) is 0.319. The Bertz CT molecular complexity index is 430. The first-order chi connectivity index (χ1) is 8.09. The van der Waals surface area contributed by atoms with Gasteiger partial charge in [-0.05, 0) is 37.5 Å². The van der Waals surface area contributed by atoms with E-state index in [1.54, 1.807) is 0 Å². The van der Waals surface area contributed by atoms with Crippen molar-refractivity contribution in [1.82, 2.24) is 10.6 Å². The Kier molecular flexibility index (Phi) is 5.17. The predicted molar refractivity (Wildman–Crippen MR) is 76.1 cm³/mol. The molecule has 1 atom stereocenters. The standard InChI is InChI=1S/C14H20N2O.ClH/c1-9-5-4-6-13(10(9)2)11(3)16-14(17)12-7-15-8-12;/h4-6,11-12,15H,7-8H2,1-3H3,(H,16,17);1H. The number of carbonyl (C=O) groups excluding carboxylic acids is 1. The molecule has 1 fully saturated rings. The van der Waals surface area contributed by atoms with Crippen LogP contribution >= 0.6 is 12.4 Å². The molecule has 0 saturated carbocycles. The number of carbonyl (C=O) groups is 1. The highest BCUT2D eigenvalue weighted by molar-refractivity contribution is 5.85. The van der Waals surface area contributed by atoms with E-state index in [2.05, 4.69) is 36.6 Å². The molecule has 1 aliphatic heterocycles. The van der Waals surface area contributed by atoms with E-state index in [4.69, 9.17) is 0 Å². The molecule has 1 aromatic rings. The molecule has 1 saturated heterocycles. The average molecular weight is 269 g/mol. The fraction of sp³-hybridized carbons (Fsp3) is 0.500. The van der Waals surface area contributed by atoms with Crippen LogP contribution in [0.4, 0.5) is 0 Å². The fourth-order valence-corrected chi connectivity index (χ4v) is 2.13. The summed E-state index contributed by atoms with van der Waals surface area (Å²) in [6.45, 7) is 7.88. The highest BCUT2D eigenvalue weighted by Gasteiger charge is 2.26. The van der Waals surface area contributed by atoms with E-state index >= 15 is 0 Å². The maximum absolute atomic E-state index is 11.9. The van der Waals surface area contributed by atoms with Gasteiger partial charge in [-0.25, -0.2) is 0 Å². The Hall–Kier alpha value is -1.06. The minimum Gasteiger partial charge on any atom is -0.349 e. The summed E-state index contributed by atoms with van der Waals surface area (Å²) in [7, 11) is 0. The van der Waals surface area contributed by atoms with E-state index in [1.807, 2.05) is 13.0 Å². The first-order valence-electron chi connectivity index (χ1n) is 6.17. The van der Waals surface area contributed by atoms with Crippen molar-refractivity contribution in [2.24, 2.45) is 5.92 Å². The molecule has 3 nitrogen and oxygen atoms in total. The molecule has 1 aliphatic rings. The number of hydrogen-bond acceptors (Lipinski definition) is 2. The Morgan fingerprint density at radius 2 is 2.06 bits per heavy atom. The summed E-state index contributed by atoms with van der Waals surface area (Å²) >= 11 is 0. The van der Waals surface area contributed by atoms with Gasteiger partial charge < -0.3 is 10.6 Å². The van der Waals surface area contributed by atoms with Crippen LogP contribution in [0.1, 0.15) is 29.7 Å². The van der Waals surface area contributed by atoms with Crippen LogP contribution in [0.3, 0.4) is 0 Å². The summed E-state index contributed by atoms with van der Waals surface area (Å²) in [5, 5.41) is 6.20. The molecule has 2 rings (SSSR count). The van der Waals surface area contributed by atoms with Crippen LogP contribution in [-0.4, -0.2) is 19.0 Å². The summed E-state index contributed by atoms with van der Waals surface area (Å²) in [5.41, 5.74) is 3.76. The van der Waals surface area contributed by atoms with E-state index in [0.29, 0.717) is 0 Å². The molecule has 1 unspecified atom stereocenters. The van der Waals surface area contributed by atoms with Gasteiger partial charge in [-0.1, -0.05) is 18.2 Å². The Balaban J connectivity index is 0.00000162. The Labute approximate surface area is 115 Å². The van der Waals surface area contributed by atoms with Gasteiger partial charge in [0.25, 0.3) is 0 Å². The maximum atomic E-state index is 11.9. The van der Waals surface area contributed by atoms with Gasteiger partial charge in [0, 0.05) is 13.1 Å². The first kappa shape index (κ1) is 15.0. The van der Waals surface area contributed by atoms with E-state index in [0.717, 1.165) is 13.1 Å².